The zero-order valence-electron chi connectivity index (χ0n) is 13.2. The van der Waals surface area contributed by atoms with Gasteiger partial charge in [-0.25, -0.2) is 0 Å². The first-order chi connectivity index (χ1) is 11.1. The highest BCUT2D eigenvalue weighted by atomic mass is 35.5. The maximum atomic E-state index is 12.8. The number of likely N-dealkylation sites (tertiary alicyclic amines) is 1. The molecule has 0 spiro atoms. The standard InChI is InChI=1S/C17H21ClN2O3/c1-12(21)20-8-2-3-15(20)17(22)19-9-10-23-16(11-19)13-4-6-14(18)7-5-13/h4-7,15-16H,2-3,8-11H2,1H3. The monoisotopic (exact) mass is 336 g/mol. The smallest absolute Gasteiger partial charge is 0.245 e. The molecule has 2 atom stereocenters. The van der Waals surface area contributed by atoms with Gasteiger partial charge in [-0.15, -0.1) is 0 Å². The van der Waals surface area contributed by atoms with Crippen LogP contribution in [0.2, 0.25) is 5.02 Å². The number of morpholine rings is 1. The van der Waals surface area contributed by atoms with Gasteiger partial charge in [0.15, 0.2) is 0 Å². The largest absolute Gasteiger partial charge is 0.370 e. The number of amides is 2. The van der Waals surface area contributed by atoms with Gasteiger partial charge in [0, 0.05) is 25.0 Å². The summed E-state index contributed by atoms with van der Waals surface area (Å²) in [5, 5.41) is 0.681. The number of ether oxygens (including phenoxy) is 1. The molecule has 0 aliphatic carbocycles. The van der Waals surface area contributed by atoms with Gasteiger partial charge in [0.1, 0.15) is 12.1 Å². The summed E-state index contributed by atoms with van der Waals surface area (Å²) in [4.78, 5) is 28.0. The van der Waals surface area contributed by atoms with Gasteiger partial charge in [-0.3, -0.25) is 9.59 Å². The number of benzene rings is 1. The van der Waals surface area contributed by atoms with E-state index >= 15 is 0 Å². The molecule has 3 rings (SSSR count). The molecule has 0 N–H and O–H groups in total. The lowest BCUT2D eigenvalue weighted by atomic mass is 10.1. The van der Waals surface area contributed by atoms with E-state index in [2.05, 4.69) is 0 Å². The highest BCUT2D eigenvalue weighted by Crippen LogP contribution is 2.26. The molecule has 2 heterocycles. The van der Waals surface area contributed by atoms with Crippen LogP contribution in [-0.4, -0.2) is 53.9 Å². The summed E-state index contributed by atoms with van der Waals surface area (Å²) in [6.07, 6.45) is 1.50. The Morgan fingerprint density at radius 3 is 2.65 bits per heavy atom. The van der Waals surface area contributed by atoms with Crippen molar-refractivity contribution in [1.29, 1.82) is 0 Å². The van der Waals surface area contributed by atoms with Crippen LogP contribution in [0.15, 0.2) is 24.3 Å². The van der Waals surface area contributed by atoms with E-state index in [1.54, 1.807) is 4.90 Å². The minimum absolute atomic E-state index is 0.0247. The SMILES string of the molecule is CC(=O)N1CCCC1C(=O)N1CCOC(c2ccc(Cl)cc2)C1. The molecule has 1 aromatic carbocycles. The van der Waals surface area contributed by atoms with Crippen molar-refractivity contribution in [3.63, 3.8) is 0 Å². The third-order valence-corrected chi connectivity index (χ3v) is 4.81. The Labute approximate surface area is 141 Å². The molecule has 2 aliphatic rings. The van der Waals surface area contributed by atoms with Crippen LogP contribution in [0.3, 0.4) is 0 Å². The first-order valence-electron chi connectivity index (χ1n) is 7.99. The van der Waals surface area contributed by atoms with Crippen LogP contribution in [0.4, 0.5) is 0 Å². The van der Waals surface area contributed by atoms with Gasteiger partial charge in [0.25, 0.3) is 0 Å². The van der Waals surface area contributed by atoms with E-state index in [4.69, 9.17) is 16.3 Å². The highest BCUT2D eigenvalue weighted by molar-refractivity contribution is 6.30. The van der Waals surface area contributed by atoms with Crippen molar-refractivity contribution in [2.24, 2.45) is 0 Å². The van der Waals surface area contributed by atoms with Crippen molar-refractivity contribution in [2.75, 3.05) is 26.2 Å². The molecule has 6 heteroatoms. The molecule has 23 heavy (non-hydrogen) atoms. The van der Waals surface area contributed by atoms with Gasteiger partial charge in [-0.05, 0) is 30.5 Å². The van der Waals surface area contributed by atoms with E-state index in [1.807, 2.05) is 29.2 Å². The number of hydrogen-bond acceptors (Lipinski definition) is 3. The predicted molar refractivity (Wildman–Crippen MR) is 87.1 cm³/mol. The van der Waals surface area contributed by atoms with Crippen LogP contribution in [0.1, 0.15) is 31.4 Å². The molecule has 1 aromatic rings. The Balaban J connectivity index is 1.69. The maximum Gasteiger partial charge on any atom is 0.245 e. The number of nitrogens with zero attached hydrogens (tertiary/aromatic N) is 2. The molecule has 2 amide bonds. The van der Waals surface area contributed by atoms with Crippen LogP contribution in [-0.2, 0) is 14.3 Å². The van der Waals surface area contributed by atoms with Crippen molar-refractivity contribution in [2.45, 2.75) is 31.9 Å². The van der Waals surface area contributed by atoms with Crippen molar-refractivity contribution in [1.82, 2.24) is 9.80 Å². The normalized spacial score (nSPS) is 24.8. The second-order valence-electron chi connectivity index (χ2n) is 6.07. The Hall–Kier alpha value is -1.59. The summed E-state index contributed by atoms with van der Waals surface area (Å²) in [6, 6.07) is 7.21. The number of carbonyl (C=O) groups is 2. The summed E-state index contributed by atoms with van der Waals surface area (Å²) in [5.74, 6) is 0.0170. The first kappa shape index (κ1) is 16.3. The Morgan fingerprint density at radius 2 is 1.96 bits per heavy atom. The van der Waals surface area contributed by atoms with Crippen molar-refractivity contribution in [3.05, 3.63) is 34.9 Å². The van der Waals surface area contributed by atoms with E-state index < -0.39 is 0 Å². The average molecular weight is 337 g/mol. The number of hydrogen-bond donors (Lipinski definition) is 0. The summed E-state index contributed by atoms with van der Waals surface area (Å²) < 4.78 is 5.80. The fraction of sp³-hybridized carbons (Fsp3) is 0.529. The quantitative estimate of drug-likeness (QED) is 0.832. The molecule has 2 saturated heterocycles. The summed E-state index contributed by atoms with van der Waals surface area (Å²) in [6.45, 7) is 3.80. The zero-order chi connectivity index (χ0) is 16.4. The Kier molecular flexibility index (Phi) is 4.87. The van der Waals surface area contributed by atoms with Crippen LogP contribution < -0.4 is 0 Å². The summed E-state index contributed by atoms with van der Waals surface area (Å²) >= 11 is 5.92. The molecular formula is C17H21ClN2O3. The van der Waals surface area contributed by atoms with Gasteiger partial charge < -0.3 is 14.5 Å². The number of halogens is 1. The Morgan fingerprint density at radius 1 is 1.22 bits per heavy atom. The fourth-order valence-electron chi connectivity index (χ4n) is 3.34. The number of rotatable bonds is 2. The van der Waals surface area contributed by atoms with Crippen LogP contribution in [0.25, 0.3) is 0 Å². The topological polar surface area (TPSA) is 49.9 Å². The molecule has 0 radical (unpaired) electrons. The van der Waals surface area contributed by atoms with E-state index in [-0.39, 0.29) is 24.0 Å². The first-order valence-corrected chi connectivity index (χ1v) is 8.37. The molecular weight excluding hydrogens is 316 g/mol. The van der Waals surface area contributed by atoms with Crippen LogP contribution >= 0.6 is 11.6 Å². The van der Waals surface area contributed by atoms with Crippen molar-refractivity contribution in [3.8, 4) is 0 Å². The minimum atomic E-state index is -0.309. The predicted octanol–water partition coefficient (Wildman–Crippen LogP) is 2.25. The zero-order valence-corrected chi connectivity index (χ0v) is 14.0. The van der Waals surface area contributed by atoms with Crippen LogP contribution in [0.5, 0.6) is 0 Å². The van der Waals surface area contributed by atoms with Gasteiger partial charge in [0.2, 0.25) is 11.8 Å². The number of carbonyl (C=O) groups excluding carboxylic acids is 2. The lowest BCUT2D eigenvalue weighted by molar-refractivity contribution is -0.148. The molecule has 0 aromatic heterocycles. The third-order valence-electron chi connectivity index (χ3n) is 4.56. The van der Waals surface area contributed by atoms with E-state index in [0.717, 1.165) is 18.4 Å². The second kappa shape index (κ2) is 6.89. The lowest BCUT2D eigenvalue weighted by Crippen LogP contribution is -2.51. The minimum Gasteiger partial charge on any atom is -0.370 e. The molecule has 5 nitrogen and oxygen atoms in total. The molecule has 2 fully saturated rings. The fourth-order valence-corrected chi connectivity index (χ4v) is 3.47. The maximum absolute atomic E-state index is 12.8. The third kappa shape index (κ3) is 3.51. The molecule has 124 valence electrons. The van der Waals surface area contributed by atoms with Crippen molar-refractivity contribution >= 4 is 23.4 Å². The summed E-state index contributed by atoms with van der Waals surface area (Å²) in [7, 11) is 0. The molecule has 2 unspecified atom stereocenters. The van der Waals surface area contributed by atoms with Crippen LogP contribution in [0, 0.1) is 0 Å². The Bertz CT molecular complexity index is 590. The second-order valence-corrected chi connectivity index (χ2v) is 6.50. The van der Waals surface area contributed by atoms with E-state index in [1.165, 1.54) is 6.92 Å². The average Bonchev–Trinajstić information content (AvgIpc) is 3.05. The van der Waals surface area contributed by atoms with Gasteiger partial charge in [-0.2, -0.15) is 0 Å². The van der Waals surface area contributed by atoms with Gasteiger partial charge in [0.05, 0.1) is 13.2 Å². The van der Waals surface area contributed by atoms with E-state index in [0.29, 0.717) is 31.3 Å². The summed E-state index contributed by atoms with van der Waals surface area (Å²) in [5.41, 5.74) is 1.02. The molecule has 0 saturated carbocycles. The molecule has 2 aliphatic heterocycles. The van der Waals surface area contributed by atoms with Gasteiger partial charge in [-0.1, -0.05) is 23.7 Å². The lowest BCUT2D eigenvalue weighted by Gasteiger charge is -2.36. The van der Waals surface area contributed by atoms with Crippen molar-refractivity contribution < 1.29 is 14.3 Å². The molecule has 0 bridgehead atoms. The highest BCUT2D eigenvalue weighted by Gasteiger charge is 2.37. The van der Waals surface area contributed by atoms with E-state index in [9.17, 15) is 9.59 Å². The van der Waals surface area contributed by atoms with Gasteiger partial charge >= 0.3 is 0 Å².